The maximum absolute atomic E-state index is 13.0. The second kappa shape index (κ2) is 8.97. The van der Waals surface area contributed by atoms with E-state index in [4.69, 9.17) is 4.74 Å². The number of hydrogen-bond acceptors (Lipinski definition) is 4. The standard InChI is InChI=1S/C22H28N2O4S/c1-16-11-13-24(14-12-16)29(26,27)19-8-6-7-18(15-19)22(25)23-17(2)20-9-4-5-10-21(20)28-3/h4-10,15-17H,11-14H2,1-3H3,(H,23,25)/t17-/m0/s1. The Labute approximate surface area is 172 Å². The fourth-order valence-corrected chi connectivity index (χ4v) is 5.07. The molecule has 1 fully saturated rings. The SMILES string of the molecule is COc1ccccc1[C@H](C)NC(=O)c1cccc(S(=O)(=O)N2CCC(C)CC2)c1. The molecule has 1 N–H and O–H groups in total. The van der Waals surface area contributed by atoms with Gasteiger partial charge in [0.25, 0.3) is 5.91 Å². The van der Waals surface area contributed by atoms with E-state index in [1.807, 2.05) is 31.2 Å². The molecule has 1 amide bonds. The van der Waals surface area contributed by atoms with Crippen LogP contribution in [0.3, 0.4) is 0 Å². The Morgan fingerprint density at radius 1 is 1.14 bits per heavy atom. The number of sulfonamides is 1. The predicted molar refractivity (Wildman–Crippen MR) is 112 cm³/mol. The van der Waals surface area contributed by atoms with E-state index in [9.17, 15) is 13.2 Å². The van der Waals surface area contributed by atoms with Crippen LogP contribution >= 0.6 is 0 Å². The average Bonchev–Trinajstić information content (AvgIpc) is 2.74. The van der Waals surface area contributed by atoms with Gasteiger partial charge in [0.15, 0.2) is 0 Å². The molecule has 0 saturated carbocycles. The van der Waals surface area contributed by atoms with Crippen molar-refractivity contribution in [2.75, 3.05) is 20.2 Å². The molecule has 1 aliphatic heterocycles. The molecular weight excluding hydrogens is 388 g/mol. The van der Waals surface area contributed by atoms with Crippen molar-refractivity contribution in [1.29, 1.82) is 0 Å². The summed E-state index contributed by atoms with van der Waals surface area (Å²) in [6.07, 6.45) is 1.71. The van der Waals surface area contributed by atoms with Crippen molar-refractivity contribution in [3.05, 3.63) is 59.7 Å². The zero-order valence-electron chi connectivity index (χ0n) is 17.1. The lowest BCUT2D eigenvalue weighted by molar-refractivity contribution is 0.0939. The molecule has 3 rings (SSSR count). The van der Waals surface area contributed by atoms with E-state index in [0.29, 0.717) is 30.3 Å². The van der Waals surface area contributed by atoms with Crippen LogP contribution in [0.15, 0.2) is 53.4 Å². The molecule has 1 saturated heterocycles. The van der Waals surface area contributed by atoms with Gasteiger partial charge in [0.05, 0.1) is 18.0 Å². The second-order valence-electron chi connectivity index (χ2n) is 7.55. The Morgan fingerprint density at radius 3 is 2.52 bits per heavy atom. The lowest BCUT2D eigenvalue weighted by Gasteiger charge is -2.29. The van der Waals surface area contributed by atoms with Crippen molar-refractivity contribution in [2.45, 2.75) is 37.6 Å². The van der Waals surface area contributed by atoms with E-state index in [0.717, 1.165) is 18.4 Å². The van der Waals surface area contributed by atoms with Crippen LogP contribution in [0.1, 0.15) is 48.7 Å². The van der Waals surface area contributed by atoms with Crippen LogP contribution in [0.25, 0.3) is 0 Å². The van der Waals surface area contributed by atoms with Crippen molar-refractivity contribution < 1.29 is 17.9 Å². The number of nitrogens with zero attached hydrogens (tertiary/aromatic N) is 1. The van der Waals surface area contributed by atoms with Gasteiger partial charge >= 0.3 is 0 Å². The first-order chi connectivity index (χ1) is 13.8. The molecular formula is C22H28N2O4S. The summed E-state index contributed by atoms with van der Waals surface area (Å²) in [5.74, 6) is 0.902. The Balaban J connectivity index is 1.77. The number of hydrogen-bond donors (Lipinski definition) is 1. The molecule has 0 bridgehead atoms. The zero-order valence-corrected chi connectivity index (χ0v) is 17.9. The van der Waals surface area contributed by atoms with E-state index >= 15 is 0 Å². The normalized spacial score (nSPS) is 16.9. The maximum Gasteiger partial charge on any atom is 0.251 e. The predicted octanol–water partition coefficient (Wildman–Crippen LogP) is 3.61. The highest BCUT2D eigenvalue weighted by Crippen LogP contribution is 2.26. The smallest absolute Gasteiger partial charge is 0.251 e. The van der Waals surface area contributed by atoms with E-state index in [2.05, 4.69) is 12.2 Å². The molecule has 0 aromatic heterocycles. The monoisotopic (exact) mass is 416 g/mol. The van der Waals surface area contributed by atoms with Crippen LogP contribution in [-0.2, 0) is 10.0 Å². The number of rotatable bonds is 6. The van der Waals surface area contributed by atoms with Crippen molar-refractivity contribution in [3.63, 3.8) is 0 Å². The molecule has 0 spiro atoms. The number of amides is 1. The summed E-state index contributed by atoms with van der Waals surface area (Å²) in [6, 6.07) is 13.4. The van der Waals surface area contributed by atoms with Crippen molar-refractivity contribution >= 4 is 15.9 Å². The van der Waals surface area contributed by atoms with Crippen LogP contribution in [0, 0.1) is 5.92 Å². The highest BCUT2D eigenvalue weighted by Gasteiger charge is 2.28. The highest BCUT2D eigenvalue weighted by atomic mass is 32.2. The van der Waals surface area contributed by atoms with Crippen LogP contribution in [0.5, 0.6) is 5.75 Å². The van der Waals surface area contributed by atoms with Gasteiger partial charge < -0.3 is 10.1 Å². The van der Waals surface area contributed by atoms with Gasteiger partial charge in [-0.05, 0) is 49.9 Å². The molecule has 0 radical (unpaired) electrons. The van der Waals surface area contributed by atoms with E-state index in [1.165, 1.54) is 10.4 Å². The minimum absolute atomic E-state index is 0.157. The van der Waals surface area contributed by atoms with E-state index in [1.54, 1.807) is 25.3 Å². The molecule has 29 heavy (non-hydrogen) atoms. The number of carbonyl (C=O) groups is 1. The summed E-state index contributed by atoms with van der Waals surface area (Å²) < 4.78 is 32.8. The molecule has 1 heterocycles. The molecule has 2 aromatic carbocycles. The summed E-state index contributed by atoms with van der Waals surface area (Å²) >= 11 is 0. The van der Waals surface area contributed by atoms with Gasteiger partial charge in [-0.1, -0.05) is 31.2 Å². The maximum atomic E-state index is 13.0. The van der Waals surface area contributed by atoms with Crippen LogP contribution in [-0.4, -0.2) is 38.8 Å². The highest BCUT2D eigenvalue weighted by molar-refractivity contribution is 7.89. The molecule has 0 aliphatic carbocycles. The van der Waals surface area contributed by atoms with Gasteiger partial charge in [-0.2, -0.15) is 4.31 Å². The Hall–Kier alpha value is -2.38. The number of piperidine rings is 1. The van der Waals surface area contributed by atoms with Crippen LogP contribution in [0.4, 0.5) is 0 Å². The van der Waals surface area contributed by atoms with Gasteiger partial charge in [-0.3, -0.25) is 4.79 Å². The first-order valence-electron chi connectivity index (χ1n) is 9.87. The summed E-state index contributed by atoms with van der Waals surface area (Å²) in [5, 5.41) is 2.92. The minimum atomic E-state index is -3.60. The largest absolute Gasteiger partial charge is 0.496 e. The van der Waals surface area contributed by atoms with Gasteiger partial charge in [-0.15, -0.1) is 0 Å². The second-order valence-corrected chi connectivity index (χ2v) is 9.49. The summed E-state index contributed by atoms with van der Waals surface area (Å²) in [6.45, 7) is 5.04. The number of methoxy groups -OCH3 is 1. The number of nitrogens with one attached hydrogen (secondary N) is 1. The van der Waals surface area contributed by atoms with Gasteiger partial charge in [-0.25, -0.2) is 8.42 Å². The topological polar surface area (TPSA) is 75.7 Å². The summed E-state index contributed by atoms with van der Waals surface area (Å²) in [7, 11) is -2.01. The first-order valence-corrected chi connectivity index (χ1v) is 11.3. The third-order valence-corrected chi connectivity index (χ3v) is 7.32. The van der Waals surface area contributed by atoms with Gasteiger partial charge in [0.2, 0.25) is 10.0 Å². The first kappa shape index (κ1) is 21.3. The lowest BCUT2D eigenvalue weighted by atomic mass is 10.0. The fourth-order valence-electron chi connectivity index (χ4n) is 3.55. The quantitative estimate of drug-likeness (QED) is 0.781. The van der Waals surface area contributed by atoms with Crippen LogP contribution in [0.2, 0.25) is 0 Å². The third-order valence-electron chi connectivity index (χ3n) is 5.43. The molecule has 1 atom stereocenters. The van der Waals surface area contributed by atoms with Crippen molar-refractivity contribution in [2.24, 2.45) is 5.92 Å². The molecule has 7 heteroatoms. The molecule has 156 valence electrons. The van der Waals surface area contributed by atoms with Gasteiger partial charge in [0, 0.05) is 24.2 Å². The molecule has 2 aromatic rings. The fraction of sp³-hybridized carbons (Fsp3) is 0.409. The van der Waals surface area contributed by atoms with E-state index < -0.39 is 10.0 Å². The number of benzene rings is 2. The Kier molecular flexibility index (Phi) is 6.59. The van der Waals surface area contributed by atoms with E-state index in [-0.39, 0.29) is 16.8 Å². The van der Waals surface area contributed by atoms with Crippen molar-refractivity contribution in [1.82, 2.24) is 9.62 Å². The Morgan fingerprint density at radius 2 is 1.83 bits per heavy atom. The average molecular weight is 417 g/mol. The Bertz CT molecular complexity index is 966. The minimum Gasteiger partial charge on any atom is -0.496 e. The number of carbonyl (C=O) groups excluding carboxylic acids is 1. The van der Waals surface area contributed by atoms with Crippen molar-refractivity contribution in [3.8, 4) is 5.75 Å². The lowest BCUT2D eigenvalue weighted by Crippen LogP contribution is -2.38. The van der Waals surface area contributed by atoms with Gasteiger partial charge in [0.1, 0.15) is 5.75 Å². The number of para-hydroxylation sites is 1. The summed E-state index contributed by atoms with van der Waals surface area (Å²) in [5.41, 5.74) is 1.17. The number of ether oxygens (including phenoxy) is 1. The molecule has 6 nitrogen and oxygen atoms in total. The molecule has 0 unspecified atom stereocenters. The zero-order chi connectivity index (χ0) is 21.0. The van der Waals surface area contributed by atoms with Crippen LogP contribution < -0.4 is 10.1 Å². The summed E-state index contributed by atoms with van der Waals surface area (Å²) in [4.78, 5) is 12.9. The third kappa shape index (κ3) is 4.79. The molecule has 1 aliphatic rings.